The first-order chi connectivity index (χ1) is 10.4. The average Bonchev–Trinajstić information content (AvgIpc) is 2.47. The van der Waals surface area contributed by atoms with Gasteiger partial charge in [0.15, 0.2) is 0 Å². The molecule has 1 aromatic heterocycles. The lowest BCUT2D eigenvalue weighted by molar-refractivity contribution is 0.275. The number of aromatic nitrogens is 1. The molecule has 0 unspecified atom stereocenters. The molecule has 0 aliphatic carbocycles. The first-order valence-corrected chi connectivity index (χ1v) is 9.46. The minimum atomic E-state index is -4.64. The number of thioether (sulfide) groups is 1. The van der Waals surface area contributed by atoms with Crippen molar-refractivity contribution < 1.29 is 19.2 Å². The van der Waals surface area contributed by atoms with E-state index in [1.807, 2.05) is 24.2 Å². The number of benzene rings is 1. The molecule has 1 heterocycles. The fourth-order valence-corrected chi connectivity index (χ4v) is 2.64. The predicted octanol–water partition coefficient (Wildman–Crippen LogP) is 2.67. The summed E-state index contributed by atoms with van der Waals surface area (Å²) in [6, 6.07) is 14.9. The molecule has 0 fully saturated rings. The summed E-state index contributed by atoms with van der Waals surface area (Å²) in [7, 11) is -4.64. The lowest BCUT2D eigenvalue weighted by Crippen LogP contribution is -1.93. The number of phosphoric acid groups is 1. The van der Waals surface area contributed by atoms with Gasteiger partial charge in [-0.05, 0) is 47.6 Å². The number of nitrogens with zero attached hydrogens (tertiary/aromatic N) is 1. The third-order valence-electron chi connectivity index (χ3n) is 2.66. The van der Waals surface area contributed by atoms with Crippen LogP contribution in [-0.2, 0) is 17.4 Å². The standard InChI is InChI=1S/C15H17NS.H3O4P/c1-2-4-14(5-3-1)8-12-17-13-9-15-6-10-16-11-7-15;1-5(2,3)4/h1-7,10-11H,8-9,12-13H2;(H3,1,2,3,4). The van der Waals surface area contributed by atoms with Crippen molar-refractivity contribution in [3.05, 3.63) is 66.0 Å². The van der Waals surface area contributed by atoms with E-state index in [4.69, 9.17) is 19.2 Å². The first-order valence-electron chi connectivity index (χ1n) is 6.74. The molecule has 3 N–H and O–H groups in total. The smallest absolute Gasteiger partial charge is 0.303 e. The summed E-state index contributed by atoms with van der Waals surface area (Å²) in [6.07, 6.45) is 6.04. The summed E-state index contributed by atoms with van der Waals surface area (Å²) in [5.41, 5.74) is 2.82. The van der Waals surface area contributed by atoms with Crippen LogP contribution in [0, 0.1) is 0 Å². The average molecular weight is 341 g/mol. The van der Waals surface area contributed by atoms with Crippen molar-refractivity contribution in [1.82, 2.24) is 4.98 Å². The second kappa shape index (κ2) is 10.5. The van der Waals surface area contributed by atoms with Gasteiger partial charge in [-0.3, -0.25) is 4.98 Å². The lowest BCUT2D eigenvalue weighted by Gasteiger charge is -2.02. The fourth-order valence-electron chi connectivity index (χ4n) is 1.68. The van der Waals surface area contributed by atoms with Crippen molar-refractivity contribution in [1.29, 1.82) is 0 Å². The molecule has 2 rings (SSSR count). The number of hydrogen-bond donors (Lipinski definition) is 3. The molecule has 0 radical (unpaired) electrons. The molecule has 0 spiro atoms. The Morgan fingerprint density at radius 2 is 1.32 bits per heavy atom. The van der Waals surface area contributed by atoms with E-state index < -0.39 is 7.82 Å². The van der Waals surface area contributed by atoms with Crippen LogP contribution < -0.4 is 0 Å². The molecular weight excluding hydrogens is 321 g/mol. The van der Waals surface area contributed by atoms with Gasteiger partial charge in [0.05, 0.1) is 0 Å². The summed E-state index contributed by atoms with van der Waals surface area (Å²) in [5.74, 6) is 2.39. The van der Waals surface area contributed by atoms with Crippen LogP contribution in [-0.4, -0.2) is 31.2 Å². The SMILES string of the molecule is O=P(O)(O)O.c1ccc(CCSCCc2ccncc2)cc1. The van der Waals surface area contributed by atoms with Crippen molar-refractivity contribution in [2.45, 2.75) is 12.8 Å². The van der Waals surface area contributed by atoms with Gasteiger partial charge in [0, 0.05) is 12.4 Å². The van der Waals surface area contributed by atoms with E-state index in [0.717, 1.165) is 6.42 Å². The minimum absolute atomic E-state index is 1.14. The van der Waals surface area contributed by atoms with Crippen molar-refractivity contribution >= 4 is 19.6 Å². The fraction of sp³-hybridized carbons (Fsp3) is 0.267. The van der Waals surface area contributed by atoms with Gasteiger partial charge >= 0.3 is 7.82 Å². The molecule has 7 heteroatoms. The third-order valence-corrected chi connectivity index (χ3v) is 3.65. The topological polar surface area (TPSA) is 90.7 Å². The molecule has 5 nitrogen and oxygen atoms in total. The largest absolute Gasteiger partial charge is 0.466 e. The Bertz CT molecular complexity index is 513. The van der Waals surface area contributed by atoms with E-state index in [1.54, 1.807) is 0 Å². The maximum Gasteiger partial charge on any atom is 0.466 e. The van der Waals surface area contributed by atoms with Crippen LogP contribution in [0.15, 0.2) is 54.9 Å². The van der Waals surface area contributed by atoms with Crippen LogP contribution >= 0.6 is 19.6 Å². The van der Waals surface area contributed by atoms with E-state index >= 15 is 0 Å². The molecule has 0 saturated carbocycles. The Labute approximate surface area is 134 Å². The van der Waals surface area contributed by atoms with Gasteiger partial charge in [0.2, 0.25) is 0 Å². The van der Waals surface area contributed by atoms with E-state index in [0.29, 0.717) is 0 Å². The van der Waals surface area contributed by atoms with E-state index in [2.05, 4.69) is 47.4 Å². The number of hydrogen-bond acceptors (Lipinski definition) is 3. The normalized spacial score (nSPS) is 10.7. The van der Waals surface area contributed by atoms with Crippen molar-refractivity contribution in [3.8, 4) is 0 Å². The minimum Gasteiger partial charge on any atom is -0.303 e. The van der Waals surface area contributed by atoms with Crippen LogP contribution in [0.25, 0.3) is 0 Å². The molecule has 0 atom stereocenters. The Morgan fingerprint density at radius 3 is 1.82 bits per heavy atom. The molecule has 1 aromatic carbocycles. The predicted molar refractivity (Wildman–Crippen MR) is 89.7 cm³/mol. The second-order valence-corrected chi connectivity index (χ2v) is 6.72. The van der Waals surface area contributed by atoms with Crippen LogP contribution in [0.3, 0.4) is 0 Å². The second-order valence-electron chi connectivity index (χ2n) is 4.47. The highest BCUT2D eigenvalue weighted by Crippen LogP contribution is 2.25. The quantitative estimate of drug-likeness (QED) is 0.553. The molecular formula is C15H20NO4PS. The Morgan fingerprint density at radius 1 is 0.864 bits per heavy atom. The monoisotopic (exact) mass is 341 g/mol. The maximum atomic E-state index is 8.88. The lowest BCUT2D eigenvalue weighted by atomic mass is 10.2. The zero-order chi connectivity index (χ0) is 16.3. The van der Waals surface area contributed by atoms with Gasteiger partial charge < -0.3 is 14.7 Å². The van der Waals surface area contributed by atoms with Gasteiger partial charge in [-0.2, -0.15) is 11.8 Å². The number of pyridine rings is 1. The highest BCUT2D eigenvalue weighted by Gasteiger charge is 2.00. The first kappa shape index (κ1) is 18.9. The zero-order valence-corrected chi connectivity index (χ0v) is 13.8. The van der Waals surface area contributed by atoms with Gasteiger partial charge in [0.1, 0.15) is 0 Å². The van der Waals surface area contributed by atoms with E-state index in [-0.39, 0.29) is 0 Å². The molecule has 0 bridgehead atoms. The van der Waals surface area contributed by atoms with Crippen molar-refractivity contribution in [2.75, 3.05) is 11.5 Å². The van der Waals surface area contributed by atoms with Crippen molar-refractivity contribution in [3.63, 3.8) is 0 Å². The number of aryl methyl sites for hydroxylation is 2. The molecule has 0 amide bonds. The summed E-state index contributed by atoms with van der Waals surface area (Å²) in [5, 5.41) is 0. The highest BCUT2D eigenvalue weighted by molar-refractivity contribution is 7.99. The van der Waals surface area contributed by atoms with Gasteiger partial charge in [0.25, 0.3) is 0 Å². The Balaban J connectivity index is 0.000000422. The van der Waals surface area contributed by atoms with Crippen LogP contribution in [0.5, 0.6) is 0 Å². The molecule has 0 aliphatic rings. The summed E-state index contributed by atoms with van der Waals surface area (Å²) in [4.78, 5) is 25.6. The van der Waals surface area contributed by atoms with Gasteiger partial charge in [-0.25, -0.2) is 4.57 Å². The molecule has 2 aromatic rings. The maximum absolute atomic E-state index is 8.88. The highest BCUT2D eigenvalue weighted by atomic mass is 32.2. The molecule has 0 aliphatic heterocycles. The number of rotatable bonds is 6. The van der Waals surface area contributed by atoms with Gasteiger partial charge in [-0.15, -0.1) is 0 Å². The summed E-state index contributed by atoms with van der Waals surface area (Å²) < 4.78 is 8.88. The van der Waals surface area contributed by atoms with Crippen LogP contribution in [0.4, 0.5) is 0 Å². The van der Waals surface area contributed by atoms with Crippen LogP contribution in [0.1, 0.15) is 11.1 Å². The van der Waals surface area contributed by atoms with Crippen LogP contribution in [0.2, 0.25) is 0 Å². The zero-order valence-electron chi connectivity index (χ0n) is 12.1. The Kier molecular flexibility index (Phi) is 9.04. The Hall–Kier alpha value is -1.17. The third kappa shape index (κ3) is 11.5. The van der Waals surface area contributed by atoms with E-state index in [1.165, 1.54) is 29.1 Å². The summed E-state index contributed by atoms with van der Waals surface area (Å²) in [6.45, 7) is 0. The summed E-state index contributed by atoms with van der Waals surface area (Å²) >= 11 is 2.02. The van der Waals surface area contributed by atoms with E-state index in [9.17, 15) is 0 Å². The van der Waals surface area contributed by atoms with Gasteiger partial charge in [-0.1, -0.05) is 30.3 Å². The molecule has 22 heavy (non-hydrogen) atoms. The molecule has 120 valence electrons. The molecule has 0 saturated heterocycles. The van der Waals surface area contributed by atoms with Crippen molar-refractivity contribution in [2.24, 2.45) is 0 Å².